The Morgan fingerprint density at radius 3 is 1.91 bits per heavy atom. The first kappa shape index (κ1) is 91.0. The average Bonchev–Trinajstić information content (AvgIpc) is 0.870. The molecule has 1 saturated carbocycles. The largest absolute Gasteiger partial charge is 0.508 e. The summed E-state index contributed by atoms with van der Waals surface area (Å²) < 4.78 is 51.2. The molecular formula is C82H98Cl2N10O28. The van der Waals surface area contributed by atoms with Gasteiger partial charge in [-0.05, 0) is 122 Å². The van der Waals surface area contributed by atoms with Crippen molar-refractivity contribution in [2.24, 2.45) is 17.4 Å². The predicted molar refractivity (Wildman–Crippen MR) is 427 cm³/mol. The van der Waals surface area contributed by atoms with E-state index in [2.05, 4.69) is 42.5 Å². The van der Waals surface area contributed by atoms with E-state index < -0.39 is 279 Å². The Balaban J connectivity index is 0.0000136. The van der Waals surface area contributed by atoms with Gasteiger partial charge in [0.25, 0.3) is 0 Å². The highest BCUT2D eigenvalue weighted by Crippen LogP contribution is 2.51. The van der Waals surface area contributed by atoms with Gasteiger partial charge >= 0.3 is 5.97 Å². The van der Waals surface area contributed by atoms with Crippen molar-refractivity contribution in [1.29, 1.82) is 0 Å². The molecule has 0 radical (unpaired) electrons. The van der Waals surface area contributed by atoms with Crippen LogP contribution in [0.4, 0.5) is 0 Å². The van der Waals surface area contributed by atoms with E-state index in [0.717, 1.165) is 78.7 Å². The number of aliphatic hydroxyl groups is 8. The van der Waals surface area contributed by atoms with Gasteiger partial charge in [0.05, 0.1) is 41.3 Å². The zero-order valence-electron chi connectivity index (χ0n) is 65.4. The van der Waals surface area contributed by atoms with Crippen LogP contribution in [0.1, 0.15) is 130 Å². The summed E-state index contributed by atoms with van der Waals surface area (Å²) in [7, 11) is 1.46. The number of carboxylic acids is 1. The van der Waals surface area contributed by atoms with E-state index in [1.54, 1.807) is 0 Å². The maximum atomic E-state index is 16.4. The summed E-state index contributed by atoms with van der Waals surface area (Å²) in [4.78, 5) is 120. The number of aliphatic hydroxyl groups excluding tert-OH is 8. The molecule has 11 bridgehead atoms. The molecule has 6 aromatic carbocycles. The van der Waals surface area contributed by atoms with Crippen LogP contribution in [0.2, 0.25) is 10.0 Å². The van der Waals surface area contributed by atoms with Crippen LogP contribution in [0.25, 0.3) is 11.1 Å². The topological polar surface area (TPSA) is 601 Å². The second-order valence-corrected chi connectivity index (χ2v) is 32.4. The highest BCUT2D eigenvalue weighted by atomic mass is 35.5. The number of nitrogens with one attached hydrogen (secondary N) is 8. The number of amides is 7. The van der Waals surface area contributed by atoms with Gasteiger partial charge in [-0.1, -0.05) is 93.0 Å². The number of fused-ring (bicyclic) bond motifs is 15. The van der Waals surface area contributed by atoms with Gasteiger partial charge in [-0.15, -0.1) is 0 Å². The monoisotopic (exact) mass is 1740 g/mol. The van der Waals surface area contributed by atoms with E-state index in [1.165, 1.54) is 33.0 Å². The Morgan fingerprint density at radius 1 is 0.656 bits per heavy atom. The number of carbonyl (C=O) groups excluding carboxylic acids is 7. The fourth-order valence-electron chi connectivity index (χ4n) is 15.8. The molecule has 1 aliphatic carbocycles. The van der Waals surface area contributed by atoms with Crippen LogP contribution in [-0.4, -0.2) is 244 Å². The quantitative estimate of drug-likeness (QED) is 0.0531. The van der Waals surface area contributed by atoms with Crippen molar-refractivity contribution in [3.8, 4) is 57.1 Å². The molecular weight excluding hydrogens is 1640 g/mol. The number of rotatable bonds is 19. The first-order valence-corrected chi connectivity index (χ1v) is 39.6. The number of ether oxygens (including phenoxy) is 8. The Kier molecular flexibility index (Phi) is 28.0. The molecule has 0 aromatic heterocycles. The number of nitrogens with two attached hydrogens (primary N) is 2. The van der Waals surface area contributed by atoms with Crippen LogP contribution in [-0.2, 0) is 62.0 Å². The van der Waals surface area contributed by atoms with E-state index in [0.29, 0.717) is 0 Å². The molecule has 15 rings (SSSR count). The van der Waals surface area contributed by atoms with Crippen molar-refractivity contribution in [3.05, 3.63) is 153 Å². The highest BCUT2D eigenvalue weighted by Gasteiger charge is 2.54. The molecule has 3 saturated heterocycles. The van der Waals surface area contributed by atoms with Crippen molar-refractivity contribution >= 4 is 70.5 Å². The van der Waals surface area contributed by atoms with Gasteiger partial charge < -0.3 is 153 Å². The zero-order valence-corrected chi connectivity index (χ0v) is 66.9. The Bertz CT molecular complexity index is 4920. The minimum atomic E-state index is -2.41. The third kappa shape index (κ3) is 19.4. The lowest BCUT2D eigenvalue weighted by Crippen LogP contribution is -2.65. The molecule has 658 valence electrons. The van der Waals surface area contributed by atoms with Gasteiger partial charge in [-0.2, -0.15) is 0 Å². The van der Waals surface area contributed by atoms with Gasteiger partial charge in [0.1, 0.15) is 120 Å². The molecule has 24 N–H and O–H groups in total. The molecule has 9 aliphatic rings. The van der Waals surface area contributed by atoms with E-state index in [-0.39, 0.29) is 61.4 Å². The molecule has 8 heterocycles. The van der Waals surface area contributed by atoms with Gasteiger partial charge in [-0.25, -0.2) is 4.79 Å². The summed E-state index contributed by atoms with van der Waals surface area (Å²) in [6.07, 6.45) is -28.0. The molecule has 38 nitrogen and oxygen atoms in total. The fourth-order valence-corrected chi connectivity index (χ4v) is 16.2. The third-order valence-electron chi connectivity index (χ3n) is 22.3. The zero-order chi connectivity index (χ0) is 87.2. The molecule has 7 amide bonds. The minimum absolute atomic E-state index is 0. The molecule has 1 unspecified atom stereocenters. The molecule has 0 spiro atoms. The summed E-state index contributed by atoms with van der Waals surface area (Å²) in [5.41, 5.74) is 9.09. The number of likely N-dealkylation sites (N-methyl/N-ethyl adjacent to an activating group) is 1. The van der Waals surface area contributed by atoms with Gasteiger partial charge in [0.2, 0.25) is 53.4 Å². The lowest BCUT2D eigenvalue weighted by Gasteiger charge is -2.46. The van der Waals surface area contributed by atoms with Crippen LogP contribution >= 0.6 is 23.2 Å². The van der Waals surface area contributed by atoms with Crippen molar-refractivity contribution in [3.63, 3.8) is 0 Å². The van der Waals surface area contributed by atoms with E-state index in [1.807, 2.05) is 44.2 Å². The Hall–Kier alpha value is -10.2. The van der Waals surface area contributed by atoms with E-state index in [4.69, 9.17) is 72.6 Å². The summed E-state index contributed by atoms with van der Waals surface area (Å²) in [5.74, 6) is -16.4. The summed E-state index contributed by atoms with van der Waals surface area (Å²) in [6.45, 7) is 5.37. The average molecular weight is 1740 g/mol. The number of primary amides is 1. The molecule has 4 fully saturated rings. The number of phenols is 3. The van der Waals surface area contributed by atoms with Crippen molar-refractivity contribution < 1.29 is 138 Å². The van der Waals surface area contributed by atoms with Crippen LogP contribution in [0.5, 0.6) is 46.0 Å². The van der Waals surface area contributed by atoms with Crippen molar-refractivity contribution in [1.82, 2.24) is 42.5 Å². The number of hydrogen-bond donors (Lipinski definition) is 22. The second-order valence-electron chi connectivity index (χ2n) is 31.6. The van der Waals surface area contributed by atoms with Crippen molar-refractivity contribution in [2.45, 2.75) is 213 Å². The third-order valence-corrected chi connectivity index (χ3v) is 22.9. The molecule has 8 aliphatic heterocycles. The maximum Gasteiger partial charge on any atom is 0.330 e. The first-order valence-electron chi connectivity index (χ1n) is 38.8. The highest BCUT2D eigenvalue weighted by molar-refractivity contribution is 6.32. The lowest BCUT2D eigenvalue weighted by atomic mass is 9.86. The number of carbonyl (C=O) groups is 8. The fraction of sp³-hybridized carbons (Fsp3) is 0.463. The van der Waals surface area contributed by atoms with Crippen LogP contribution in [0, 0.1) is 5.92 Å². The van der Waals surface area contributed by atoms with Crippen LogP contribution < -0.4 is 68.2 Å². The first-order chi connectivity index (χ1) is 57.4. The van der Waals surface area contributed by atoms with Crippen molar-refractivity contribution in [2.75, 3.05) is 20.2 Å². The standard InChI is InChI=1S/C81H94Cl2N10O28.CH4/c1-30(2)17-44(86-5)72(106)92-60-62(99)34-12-15-48(41(82)19-34)115-50-21-36-22-51(69(50)120-80-67(104)65(102)70(53(29-94)118-80)121-79-66(103)64(101)63(100)52(117-79)28-87-43-25-38(43)32-9-7-6-8-10-32)116-49-16-13-35(20-42(49)83)68(119-55-27-81(4,85)71(105)31(3)114-55)61-77(111)91-59(78(112)113)40-23-37(95)24-47(97)56(40)39-18-33(11-14-46(39)96)57(74(108)93-61)90-75(109)58(36)89-73(107)45(26-54(84)98)88-76(60)110;/h6-16,18-24,30-31,38,43-45,52-53,55,57-68,70-71,79-80,86-87,94-97,99-105H,17,25-29,85H2,1-5H3,(H2,84,98)(H,88,110)(H,89,107)(H,90,109)(H,91,111)(H,92,106)(H,93,108)(H,112,113);1H4/t31-,38-,43+,44+,45-,52+,53+,55?,57+,58+,59+,60+,61-,62+,63-,64-,65+,66+,67+,68+,70+,71-,79-,80-,81-;/m0./s1. The number of aromatic hydroxyl groups is 3. The number of benzene rings is 6. The second kappa shape index (κ2) is 37.5. The van der Waals surface area contributed by atoms with Gasteiger partial charge in [0, 0.05) is 53.2 Å². The number of carboxylic acid groups (broad SMARTS) is 1. The maximum absolute atomic E-state index is 16.4. The van der Waals surface area contributed by atoms with Gasteiger partial charge in [0.15, 0.2) is 30.1 Å². The van der Waals surface area contributed by atoms with Crippen LogP contribution in [0.3, 0.4) is 0 Å². The van der Waals surface area contributed by atoms with E-state index >= 15 is 24.0 Å². The number of aliphatic carboxylic acids is 1. The minimum Gasteiger partial charge on any atom is -0.508 e. The van der Waals surface area contributed by atoms with Crippen LogP contribution in [0.15, 0.2) is 109 Å². The molecule has 25 atom stereocenters. The normalized spacial score (nSPS) is 31.8. The number of halogens is 2. The van der Waals surface area contributed by atoms with Gasteiger partial charge in [-0.3, -0.25) is 33.6 Å². The molecule has 6 aromatic rings. The summed E-state index contributed by atoms with van der Waals surface area (Å²) in [6, 6.07) is 8.62. The number of phenolic OH excluding ortho intramolecular Hbond substituents is 3. The Morgan fingerprint density at radius 2 is 1.28 bits per heavy atom. The lowest BCUT2D eigenvalue weighted by molar-refractivity contribution is -0.350. The van der Waals surface area contributed by atoms with E-state index in [9.17, 15) is 75.7 Å². The summed E-state index contributed by atoms with van der Waals surface area (Å²) in [5, 5.41) is 159. The summed E-state index contributed by atoms with van der Waals surface area (Å²) >= 11 is 14.5. The SMILES string of the molecule is C.CN[C@H](CC(C)C)C(=O)N[C@H]1C(=O)N[C@@H](CC(N)=O)C(=O)N[C@H]2C(=O)N[C@H]3C(=O)N[C@H](C(=O)N[C@@H](C(=O)O)c4cc(O)cc(O)c4-c4cc3ccc4O)[C@H](OC3C[C@](C)(N)[C@@H](O)[C@H](C)O3)c3ccc(c(Cl)c3)Oc3cc2cc(c3O[C@@H]2O[C@H](CO)[C@@H](O[C@@H]3O[C@H](CN[C@@H]4C[C@H]4c4ccccc4)[C@H](O)[C@H](O)[C@H]3O)[C@H](O)[C@H]2O)Oc2ccc(cc2Cl)[C@H]1O. The molecule has 40 heteroatoms. The smallest absolute Gasteiger partial charge is 0.330 e. The number of hydrogen-bond acceptors (Lipinski definition) is 30. The molecule has 122 heavy (non-hydrogen) atoms. The predicted octanol–water partition coefficient (Wildman–Crippen LogP) is 0.720. The Labute approximate surface area is 707 Å².